The average molecular weight is 304 g/mol. The van der Waals surface area contributed by atoms with Crippen LogP contribution in [0.4, 0.5) is 5.69 Å². The summed E-state index contributed by atoms with van der Waals surface area (Å²) < 4.78 is 2.09. The number of aryl methyl sites for hydroxylation is 1. The summed E-state index contributed by atoms with van der Waals surface area (Å²) in [6.45, 7) is 2.04. The minimum atomic E-state index is -0.951. The van der Waals surface area contributed by atoms with Crippen LogP contribution in [0.15, 0.2) is 71.9 Å². The lowest BCUT2D eigenvalue weighted by atomic mass is 10.2. The second-order valence-electron chi connectivity index (χ2n) is 5.23. The van der Waals surface area contributed by atoms with E-state index in [-0.39, 0.29) is 5.56 Å². The molecule has 1 heterocycles. The van der Waals surface area contributed by atoms with E-state index < -0.39 is 5.97 Å². The van der Waals surface area contributed by atoms with Gasteiger partial charge in [-0.1, -0.05) is 24.3 Å². The number of aromatic nitrogens is 1. The first-order valence-electron chi connectivity index (χ1n) is 7.25. The van der Waals surface area contributed by atoms with Gasteiger partial charge in [0.2, 0.25) is 0 Å². The Morgan fingerprint density at radius 3 is 2.61 bits per heavy atom. The van der Waals surface area contributed by atoms with E-state index in [0.29, 0.717) is 5.69 Å². The third kappa shape index (κ3) is 3.37. The number of aliphatic imine (C=N–C) groups is 1. The van der Waals surface area contributed by atoms with Crippen molar-refractivity contribution in [3.63, 3.8) is 0 Å². The molecule has 0 aliphatic heterocycles. The molecule has 23 heavy (non-hydrogen) atoms. The number of nitrogens with zero attached hydrogens (tertiary/aromatic N) is 2. The molecule has 4 nitrogen and oxygen atoms in total. The van der Waals surface area contributed by atoms with E-state index in [9.17, 15) is 4.79 Å². The Kier molecular flexibility index (Phi) is 4.06. The van der Waals surface area contributed by atoms with Gasteiger partial charge >= 0.3 is 5.97 Å². The topological polar surface area (TPSA) is 54.6 Å². The molecule has 0 unspecified atom stereocenters. The van der Waals surface area contributed by atoms with Gasteiger partial charge in [0, 0.05) is 29.4 Å². The van der Waals surface area contributed by atoms with Crippen molar-refractivity contribution in [2.24, 2.45) is 4.99 Å². The summed E-state index contributed by atoms with van der Waals surface area (Å²) in [5, 5.41) is 9.01. The van der Waals surface area contributed by atoms with Crippen molar-refractivity contribution in [2.75, 3.05) is 0 Å². The summed E-state index contributed by atoms with van der Waals surface area (Å²) in [5.74, 6) is -0.951. The minimum Gasteiger partial charge on any atom is -0.478 e. The largest absolute Gasteiger partial charge is 0.478 e. The second-order valence-corrected chi connectivity index (χ2v) is 5.23. The number of rotatable bonds is 4. The lowest BCUT2D eigenvalue weighted by molar-refractivity contribution is 0.0697. The van der Waals surface area contributed by atoms with Crippen LogP contribution >= 0.6 is 0 Å². The smallest absolute Gasteiger partial charge is 0.335 e. The maximum Gasteiger partial charge on any atom is 0.335 e. The molecule has 0 aliphatic carbocycles. The van der Waals surface area contributed by atoms with Gasteiger partial charge in [0.15, 0.2) is 0 Å². The van der Waals surface area contributed by atoms with Gasteiger partial charge < -0.3 is 9.67 Å². The maximum atomic E-state index is 11.0. The number of carboxylic acids is 1. The lowest BCUT2D eigenvalue weighted by Crippen LogP contribution is -1.94. The van der Waals surface area contributed by atoms with Crippen LogP contribution in [0, 0.1) is 6.92 Å². The molecule has 0 saturated heterocycles. The summed E-state index contributed by atoms with van der Waals surface area (Å²) in [6.07, 6.45) is 3.75. The van der Waals surface area contributed by atoms with E-state index in [1.807, 2.05) is 49.5 Å². The van der Waals surface area contributed by atoms with Gasteiger partial charge in [-0.15, -0.1) is 0 Å². The van der Waals surface area contributed by atoms with Crippen LogP contribution < -0.4 is 0 Å². The van der Waals surface area contributed by atoms with Crippen LogP contribution in [-0.2, 0) is 0 Å². The van der Waals surface area contributed by atoms with Crippen molar-refractivity contribution >= 4 is 17.9 Å². The van der Waals surface area contributed by atoms with Crippen molar-refractivity contribution in [3.05, 3.63) is 83.7 Å². The molecule has 0 saturated carbocycles. The summed E-state index contributed by atoms with van der Waals surface area (Å²) in [6, 6.07) is 18.7. The van der Waals surface area contributed by atoms with Crippen LogP contribution in [0.25, 0.3) is 5.69 Å². The molecule has 0 radical (unpaired) electrons. The van der Waals surface area contributed by atoms with E-state index in [4.69, 9.17) is 5.11 Å². The third-order valence-corrected chi connectivity index (χ3v) is 3.52. The molecule has 0 aliphatic rings. The van der Waals surface area contributed by atoms with Gasteiger partial charge in [-0.05, 0) is 43.3 Å². The van der Waals surface area contributed by atoms with E-state index >= 15 is 0 Å². The number of aromatic carboxylic acids is 1. The van der Waals surface area contributed by atoms with E-state index in [0.717, 1.165) is 16.9 Å². The van der Waals surface area contributed by atoms with Gasteiger partial charge in [0.1, 0.15) is 0 Å². The molecule has 1 N–H and O–H groups in total. The molecule has 0 amide bonds. The highest BCUT2D eigenvalue weighted by atomic mass is 16.4. The second kappa shape index (κ2) is 6.32. The summed E-state index contributed by atoms with van der Waals surface area (Å²) in [5.41, 5.74) is 4.02. The Hall–Kier alpha value is -3.14. The average Bonchev–Trinajstić information content (AvgIpc) is 2.95. The van der Waals surface area contributed by atoms with Gasteiger partial charge in [0.25, 0.3) is 0 Å². The third-order valence-electron chi connectivity index (χ3n) is 3.52. The normalized spacial score (nSPS) is 11.0. The van der Waals surface area contributed by atoms with E-state index in [2.05, 4.69) is 9.56 Å². The van der Waals surface area contributed by atoms with Crippen LogP contribution in [-0.4, -0.2) is 21.9 Å². The number of para-hydroxylation sites is 1. The fourth-order valence-corrected chi connectivity index (χ4v) is 2.40. The molecule has 4 heteroatoms. The van der Waals surface area contributed by atoms with Gasteiger partial charge in [-0.2, -0.15) is 0 Å². The zero-order chi connectivity index (χ0) is 16.2. The van der Waals surface area contributed by atoms with Crippen LogP contribution in [0.2, 0.25) is 0 Å². The van der Waals surface area contributed by atoms with Gasteiger partial charge in [0.05, 0.1) is 11.3 Å². The lowest BCUT2D eigenvalue weighted by Gasteiger charge is -2.04. The predicted molar refractivity (Wildman–Crippen MR) is 91.2 cm³/mol. The molecule has 0 fully saturated rings. The van der Waals surface area contributed by atoms with Crippen LogP contribution in [0.3, 0.4) is 0 Å². The Morgan fingerprint density at radius 2 is 1.87 bits per heavy atom. The number of hydrogen-bond donors (Lipinski definition) is 1. The molecule has 114 valence electrons. The van der Waals surface area contributed by atoms with Crippen molar-refractivity contribution in [1.29, 1.82) is 0 Å². The number of hydrogen-bond acceptors (Lipinski definition) is 2. The first-order chi connectivity index (χ1) is 11.1. The van der Waals surface area contributed by atoms with Crippen molar-refractivity contribution < 1.29 is 9.90 Å². The maximum absolute atomic E-state index is 11.0. The number of carbonyl (C=O) groups is 1. The first kappa shape index (κ1) is 14.8. The minimum absolute atomic E-state index is 0.234. The molecule has 3 aromatic rings. The molecular formula is C19H16N2O2. The molecular weight excluding hydrogens is 288 g/mol. The zero-order valence-electron chi connectivity index (χ0n) is 12.7. The Morgan fingerprint density at radius 1 is 1.09 bits per heavy atom. The highest BCUT2D eigenvalue weighted by molar-refractivity contribution is 5.89. The molecule has 2 aromatic carbocycles. The van der Waals surface area contributed by atoms with Crippen molar-refractivity contribution in [3.8, 4) is 5.69 Å². The fourth-order valence-electron chi connectivity index (χ4n) is 2.40. The number of benzene rings is 2. The Bertz CT molecular complexity index is 864. The van der Waals surface area contributed by atoms with E-state index in [1.54, 1.807) is 30.5 Å². The zero-order valence-corrected chi connectivity index (χ0v) is 12.7. The molecule has 0 spiro atoms. The highest BCUT2D eigenvalue weighted by Gasteiger charge is 2.04. The summed E-state index contributed by atoms with van der Waals surface area (Å²) in [4.78, 5) is 15.3. The van der Waals surface area contributed by atoms with Gasteiger partial charge in [-0.3, -0.25) is 4.99 Å². The number of carboxylic acid groups (broad SMARTS) is 1. The summed E-state index contributed by atoms with van der Waals surface area (Å²) >= 11 is 0. The Labute approximate surface area is 134 Å². The van der Waals surface area contributed by atoms with Crippen LogP contribution in [0.5, 0.6) is 0 Å². The van der Waals surface area contributed by atoms with Gasteiger partial charge in [-0.25, -0.2) is 4.79 Å². The SMILES string of the molecule is Cc1cc(C=Nc2cccc(C(=O)O)c2)cn1-c1ccccc1. The molecule has 3 rings (SSSR count). The monoisotopic (exact) mass is 304 g/mol. The molecule has 0 atom stereocenters. The van der Waals surface area contributed by atoms with Crippen LogP contribution in [0.1, 0.15) is 21.6 Å². The molecule has 0 bridgehead atoms. The standard InChI is InChI=1S/C19H16N2O2/c1-14-10-15(13-21(14)18-8-3-2-4-9-18)12-20-17-7-5-6-16(11-17)19(22)23/h2-13H,1H3,(H,22,23). The Balaban J connectivity index is 1.86. The highest BCUT2D eigenvalue weighted by Crippen LogP contribution is 2.17. The van der Waals surface area contributed by atoms with E-state index in [1.165, 1.54) is 0 Å². The predicted octanol–water partition coefficient (Wildman–Crippen LogP) is 4.23. The quantitative estimate of drug-likeness (QED) is 0.733. The first-order valence-corrected chi connectivity index (χ1v) is 7.25. The van der Waals surface area contributed by atoms with Crippen molar-refractivity contribution in [2.45, 2.75) is 6.92 Å². The molecule has 1 aromatic heterocycles. The summed E-state index contributed by atoms with van der Waals surface area (Å²) in [7, 11) is 0. The fraction of sp³-hybridized carbons (Fsp3) is 0.0526. The van der Waals surface area contributed by atoms with Crippen molar-refractivity contribution in [1.82, 2.24) is 4.57 Å².